The maximum absolute atomic E-state index is 7.89. The maximum Gasteiger partial charge on any atom is 0.232 e. The van der Waals surface area contributed by atoms with Crippen LogP contribution in [0.5, 0.6) is 5.75 Å². The number of fused-ring (bicyclic) bond motifs is 1. The van der Waals surface area contributed by atoms with Crippen LogP contribution in [0.25, 0.3) is 10.9 Å². The number of guanidine groups is 1. The number of benzene rings is 1. The molecular formula is C16H23N5O. The second-order valence-electron chi connectivity index (χ2n) is 5.14. The summed E-state index contributed by atoms with van der Waals surface area (Å²) in [6.45, 7) is 2.78. The Morgan fingerprint density at radius 3 is 3.00 bits per heavy atom. The Hall–Kier alpha value is -2.34. The molecule has 0 aliphatic carbocycles. The Morgan fingerprint density at radius 2 is 2.27 bits per heavy atom. The van der Waals surface area contributed by atoms with E-state index < -0.39 is 0 Å². The first-order chi connectivity index (χ1) is 10.7. The van der Waals surface area contributed by atoms with E-state index in [-0.39, 0.29) is 5.96 Å². The van der Waals surface area contributed by atoms with Crippen molar-refractivity contribution in [1.29, 1.82) is 5.41 Å². The van der Waals surface area contributed by atoms with Crippen molar-refractivity contribution in [2.45, 2.75) is 26.2 Å². The van der Waals surface area contributed by atoms with E-state index in [9.17, 15) is 0 Å². The highest BCUT2D eigenvalue weighted by atomic mass is 16.5. The zero-order valence-electron chi connectivity index (χ0n) is 13.1. The molecule has 0 spiro atoms. The topological polar surface area (TPSA) is 90.5 Å². The number of ether oxygens (including phenoxy) is 1. The largest absolute Gasteiger partial charge is 0.497 e. The summed E-state index contributed by atoms with van der Waals surface area (Å²) in [4.78, 5) is 7.32. The third kappa shape index (κ3) is 3.85. The first kappa shape index (κ1) is 16.0. The van der Waals surface area contributed by atoms with Crippen molar-refractivity contribution in [2.24, 2.45) is 10.8 Å². The molecule has 0 atom stereocenters. The first-order valence-electron chi connectivity index (χ1n) is 7.45. The van der Waals surface area contributed by atoms with E-state index in [0.29, 0.717) is 6.54 Å². The van der Waals surface area contributed by atoms with Gasteiger partial charge in [-0.05, 0) is 24.6 Å². The highest BCUT2D eigenvalue weighted by Gasteiger charge is 2.05. The monoisotopic (exact) mass is 301 g/mol. The molecule has 0 aliphatic rings. The van der Waals surface area contributed by atoms with Crippen LogP contribution in [0.4, 0.5) is 0 Å². The third-order valence-electron chi connectivity index (χ3n) is 3.52. The number of hydrogen-bond donors (Lipinski definition) is 3. The van der Waals surface area contributed by atoms with Crippen molar-refractivity contribution < 1.29 is 4.74 Å². The van der Waals surface area contributed by atoms with Gasteiger partial charge in [-0.2, -0.15) is 0 Å². The van der Waals surface area contributed by atoms with Gasteiger partial charge in [0.25, 0.3) is 0 Å². The van der Waals surface area contributed by atoms with Gasteiger partial charge in [-0.15, -0.1) is 0 Å². The molecular weight excluding hydrogens is 278 g/mol. The molecule has 0 fully saturated rings. The number of H-pyrrole nitrogens is 1. The number of nitrogens with zero attached hydrogens (tertiary/aromatic N) is 2. The molecule has 22 heavy (non-hydrogen) atoms. The van der Waals surface area contributed by atoms with Crippen molar-refractivity contribution in [3.63, 3.8) is 0 Å². The van der Waals surface area contributed by atoms with Gasteiger partial charge in [0, 0.05) is 35.4 Å². The summed E-state index contributed by atoms with van der Waals surface area (Å²) in [5.41, 5.74) is 1.90. The van der Waals surface area contributed by atoms with Gasteiger partial charge in [0.1, 0.15) is 5.75 Å². The first-order valence-corrected chi connectivity index (χ1v) is 7.45. The molecule has 0 bridgehead atoms. The Morgan fingerprint density at radius 1 is 1.45 bits per heavy atom. The van der Waals surface area contributed by atoms with Crippen LogP contribution in [0, 0.1) is 5.41 Å². The van der Waals surface area contributed by atoms with E-state index in [0.717, 1.165) is 41.5 Å². The van der Waals surface area contributed by atoms with Gasteiger partial charge in [-0.1, -0.05) is 19.8 Å². The van der Waals surface area contributed by atoms with Crippen LogP contribution in [0.3, 0.4) is 0 Å². The van der Waals surface area contributed by atoms with Crippen molar-refractivity contribution in [1.82, 2.24) is 9.99 Å². The summed E-state index contributed by atoms with van der Waals surface area (Å²) in [7, 11) is 1.64. The molecule has 1 aromatic carbocycles. The lowest BCUT2D eigenvalue weighted by Crippen LogP contribution is -2.36. The molecule has 0 unspecified atom stereocenters. The molecule has 0 saturated carbocycles. The molecule has 1 heterocycles. The van der Waals surface area contributed by atoms with E-state index in [2.05, 4.69) is 16.9 Å². The fourth-order valence-electron chi connectivity index (χ4n) is 2.20. The predicted octanol–water partition coefficient (Wildman–Crippen LogP) is 2.90. The summed E-state index contributed by atoms with van der Waals surface area (Å²) < 4.78 is 5.24. The Labute approximate surface area is 130 Å². The molecule has 2 rings (SSSR count). The Balaban J connectivity index is 2.07. The van der Waals surface area contributed by atoms with Gasteiger partial charge in [0.15, 0.2) is 0 Å². The average Bonchev–Trinajstić information content (AvgIpc) is 2.94. The highest BCUT2D eigenvalue weighted by Crippen LogP contribution is 2.22. The number of hydrogen-bond acceptors (Lipinski definition) is 3. The summed E-state index contributed by atoms with van der Waals surface area (Å²) in [5.74, 6) is 6.68. The zero-order valence-corrected chi connectivity index (χ0v) is 13.1. The van der Waals surface area contributed by atoms with E-state index in [1.54, 1.807) is 13.3 Å². The van der Waals surface area contributed by atoms with Crippen LogP contribution in [-0.4, -0.2) is 35.8 Å². The van der Waals surface area contributed by atoms with Gasteiger partial charge < -0.3 is 9.72 Å². The number of aromatic nitrogens is 1. The molecule has 118 valence electrons. The Kier molecular flexibility index (Phi) is 5.55. The lowest BCUT2D eigenvalue weighted by atomic mass is 10.2. The minimum absolute atomic E-state index is 0.0633. The van der Waals surface area contributed by atoms with Crippen LogP contribution in [0.2, 0.25) is 0 Å². The number of aliphatic imine (C=N–C) groups is 1. The van der Waals surface area contributed by atoms with E-state index in [1.165, 1.54) is 5.01 Å². The lowest BCUT2D eigenvalue weighted by Gasteiger charge is -2.15. The summed E-state index contributed by atoms with van der Waals surface area (Å²) in [6, 6.07) is 5.80. The molecule has 4 N–H and O–H groups in total. The summed E-state index contributed by atoms with van der Waals surface area (Å²) in [5, 5.41) is 10.3. The van der Waals surface area contributed by atoms with Gasteiger partial charge in [0.2, 0.25) is 5.96 Å². The molecule has 0 amide bonds. The fraction of sp³-hybridized carbons (Fsp3) is 0.375. The zero-order chi connectivity index (χ0) is 15.9. The van der Waals surface area contributed by atoms with Crippen LogP contribution in [0.1, 0.15) is 31.7 Å². The van der Waals surface area contributed by atoms with Crippen molar-refractivity contribution >= 4 is 23.1 Å². The molecule has 2 aromatic rings. The number of unbranched alkanes of at least 4 members (excludes halogenated alkanes) is 2. The van der Waals surface area contributed by atoms with E-state index >= 15 is 0 Å². The number of rotatable bonds is 6. The van der Waals surface area contributed by atoms with Gasteiger partial charge in [0.05, 0.1) is 7.11 Å². The number of aromatic amines is 1. The Bertz CT molecular complexity index is 662. The normalized spacial score (nSPS) is 11.2. The quantitative estimate of drug-likeness (QED) is 0.252. The standard InChI is InChI=1S/C16H23N5O/c1-3-4-5-8-21(18)16(17)20-11-12-10-19-15-7-6-13(22-2)9-14(12)15/h6-7,9-11,17,19H,3-5,8,18H2,1-2H3. The third-order valence-corrected chi connectivity index (χ3v) is 3.52. The second-order valence-corrected chi connectivity index (χ2v) is 5.14. The smallest absolute Gasteiger partial charge is 0.232 e. The van der Waals surface area contributed by atoms with Crippen LogP contribution in [0.15, 0.2) is 29.4 Å². The lowest BCUT2D eigenvalue weighted by molar-refractivity contribution is 0.414. The molecule has 0 saturated heterocycles. The number of nitrogens with one attached hydrogen (secondary N) is 2. The van der Waals surface area contributed by atoms with E-state index in [4.69, 9.17) is 16.0 Å². The molecule has 0 radical (unpaired) electrons. The minimum atomic E-state index is 0.0633. The van der Waals surface area contributed by atoms with Gasteiger partial charge in [-0.25, -0.2) is 10.8 Å². The van der Waals surface area contributed by atoms with Crippen molar-refractivity contribution in [2.75, 3.05) is 13.7 Å². The van der Waals surface area contributed by atoms with Gasteiger partial charge in [-0.3, -0.25) is 10.4 Å². The van der Waals surface area contributed by atoms with Crippen LogP contribution >= 0.6 is 0 Å². The van der Waals surface area contributed by atoms with Crippen molar-refractivity contribution in [3.8, 4) is 5.75 Å². The van der Waals surface area contributed by atoms with Crippen LogP contribution in [-0.2, 0) is 0 Å². The summed E-state index contributed by atoms with van der Waals surface area (Å²) >= 11 is 0. The molecule has 6 nitrogen and oxygen atoms in total. The highest BCUT2D eigenvalue weighted by molar-refractivity contribution is 6.02. The predicted molar refractivity (Wildman–Crippen MR) is 90.6 cm³/mol. The van der Waals surface area contributed by atoms with Crippen LogP contribution < -0.4 is 10.6 Å². The van der Waals surface area contributed by atoms with E-state index in [1.807, 2.05) is 24.4 Å². The molecule has 6 heteroatoms. The number of hydrazine groups is 1. The number of nitrogens with two attached hydrogens (primary N) is 1. The second kappa shape index (κ2) is 7.61. The van der Waals surface area contributed by atoms with Gasteiger partial charge >= 0.3 is 0 Å². The summed E-state index contributed by atoms with van der Waals surface area (Å²) in [6.07, 6.45) is 6.71. The average molecular weight is 301 g/mol. The maximum atomic E-state index is 7.89. The minimum Gasteiger partial charge on any atom is -0.497 e. The number of methoxy groups -OCH3 is 1. The fourth-order valence-corrected chi connectivity index (χ4v) is 2.20. The molecule has 0 aliphatic heterocycles. The molecule has 1 aromatic heterocycles. The van der Waals surface area contributed by atoms with Crippen molar-refractivity contribution in [3.05, 3.63) is 30.0 Å². The SMILES string of the molecule is CCCCCN(N)C(=N)N=Cc1c[nH]c2ccc(OC)cc12.